The van der Waals surface area contributed by atoms with Crippen LogP contribution in [0.1, 0.15) is 40.6 Å². The molecule has 0 aliphatic carbocycles. The van der Waals surface area contributed by atoms with E-state index in [0.29, 0.717) is 17.2 Å². The van der Waals surface area contributed by atoms with E-state index in [1.165, 1.54) is 0 Å². The highest BCUT2D eigenvalue weighted by Gasteiger charge is 2.24. The van der Waals surface area contributed by atoms with Gasteiger partial charge in [0.15, 0.2) is 0 Å². The second-order valence-corrected chi connectivity index (χ2v) is 7.02. The van der Waals surface area contributed by atoms with Gasteiger partial charge in [-0.25, -0.2) is 9.97 Å². The monoisotopic (exact) mass is 373 g/mol. The van der Waals surface area contributed by atoms with Crippen molar-refractivity contribution in [3.63, 3.8) is 0 Å². The largest absolute Gasteiger partial charge is 0.370 e. The van der Waals surface area contributed by atoms with Gasteiger partial charge in [-0.15, -0.1) is 0 Å². The van der Waals surface area contributed by atoms with E-state index in [2.05, 4.69) is 31.2 Å². The van der Waals surface area contributed by atoms with E-state index in [0.717, 1.165) is 43.1 Å². The molecule has 0 spiro atoms. The van der Waals surface area contributed by atoms with E-state index in [4.69, 9.17) is 0 Å². The summed E-state index contributed by atoms with van der Waals surface area (Å²) in [6, 6.07) is 13.5. The highest BCUT2D eigenvalue weighted by Crippen LogP contribution is 2.28. The number of aryl methyl sites for hydroxylation is 1. The molecule has 1 saturated heterocycles. The summed E-state index contributed by atoms with van der Waals surface area (Å²) in [5.74, 6) is 0.971. The number of aromatic nitrogens is 3. The summed E-state index contributed by atoms with van der Waals surface area (Å²) < 4.78 is 0. The number of amides is 1. The van der Waals surface area contributed by atoms with Gasteiger partial charge >= 0.3 is 0 Å². The third-order valence-electron chi connectivity index (χ3n) is 5.15. The number of benzene rings is 1. The van der Waals surface area contributed by atoms with E-state index in [1.807, 2.05) is 49.5 Å². The number of hydrogen-bond acceptors (Lipinski definition) is 5. The molecule has 0 unspecified atom stereocenters. The summed E-state index contributed by atoms with van der Waals surface area (Å²) in [5, 5.41) is 2.89. The van der Waals surface area contributed by atoms with Gasteiger partial charge in [0.1, 0.15) is 5.82 Å². The van der Waals surface area contributed by atoms with E-state index < -0.39 is 0 Å². The van der Waals surface area contributed by atoms with Crippen molar-refractivity contribution in [2.75, 3.05) is 23.3 Å². The molecule has 1 fully saturated rings. The molecule has 1 aromatic carbocycles. The number of para-hydroxylation sites is 1. The molecule has 4 rings (SSSR count). The minimum atomic E-state index is -0.179. The Bertz CT molecular complexity index is 938. The van der Waals surface area contributed by atoms with Crippen molar-refractivity contribution in [2.24, 2.45) is 0 Å². The van der Waals surface area contributed by atoms with Crippen molar-refractivity contribution in [1.82, 2.24) is 15.0 Å². The van der Waals surface area contributed by atoms with Crippen LogP contribution in [0, 0.1) is 6.92 Å². The fraction of sp³-hybridized carbons (Fsp3) is 0.273. The van der Waals surface area contributed by atoms with Crippen molar-refractivity contribution >= 4 is 17.3 Å². The Morgan fingerprint density at radius 2 is 1.86 bits per heavy atom. The summed E-state index contributed by atoms with van der Waals surface area (Å²) in [6.07, 6.45) is 7.33. The first-order valence-corrected chi connectivity index (χ1v) is 9.55. The average molecular weight is 373 g/mol. The molecule has 1 N–H and O–H groups in total. The van der Waals surface area contributed by atoms with Crippen molar-refractivity contribution in [1.29, 1.82) is 0 Å². The zero-order chi connectivity index (χ0) is 19.3. The van der Waals surface area contributed by atoms with Crippen LogP contribution >= 0.6 is 0 Å². The van der Waals surface area contributed by atoms with Crippen LogP contribution in [0.5, 0.6) is 0 Å². The summed E-state index contributed by atoms with van der Waals surface area (Å²) in [6.45, 7) is 3.78. The molecule has 0 atom stereocenters. The molecule has 0 radical (unpaired) electrons. The van der Waals surface area contributed by atoms with Crippen LogP contribution in [-0.2, 0) is 0 Å². The fourth-order valence-electron chi connectivity index (χ4n) is 3.56. The van der Waals surface area contributed by atoms with Gasteiger partial charge in [-0.3, -0.25) is 9.78 Å². The Labute approximate surface area is 164 Å². The second kappa shape index (κ2) is 8.17. The van der Waals surface area contributed by atoms with Crippen molar-refractivity contribution in [3.8, 4) is 0 Å². The third kappa shape index (κ3) is 4.01. The Morgan fingerprint density at radius 3 is 2.54 bits per heavy atom. The predicted molar refractivity (Wildman–Crippen MR) is 110 cm³/mol. The van der Waals surface area contributed by atoms with Crippen LogP contribution in [0.25, 0.3) is 0 Å². The molecule has 142 valence electrons. The zero-order valence-electron chi connectivity index (χ0n) is 15.9. The van der Waals surface area contributed by atoms with Crippen LogP contribution in [0.15, 0.2) is 61.1 Å². The minimum Gasteiger partial charge on any atom is -0.370 e. The van der Waals surface area contributed by atoms with Crippen molar-refractivity contribution < 1.29 is 4.79 Å². The lowest BCUT2D eigenvalue weighted by atomic mass is 9.95. The molecule has 6 heteroatoms. The summed E-state index contributed by atoms with van der Waals surface area (Å²) in [4.78, 5) is 28.2. The highest BCUT2D eigenvalue weighted by molar-refractivity contribution is 6.04. The predicted octanol–water partition coefficient (Wildman–Crippen LogP) is 3.82. The third-order valence-corrected chi connectivity index (χ3v) is 5.15. The number of piperidine rings is 1. The average Bonchev–Trinajstić information content (AvgIpc) is 2.75. The fourth-order valence-corrected chi connectivity index (χ4v) is 3.56. The van der Waals surface area contributed by atoms with Crippen molar-refractivity contribution in [2.45, 2.75) is 25.7 Å². The quantitative estimate of drug-likeness (QED) is 0.753. The Hall–Kier alpha value is -3.28. The lowest BCUT2D eigenvalue weighted by Crippen LogP contribution is -2.33. The number of pyridine rings is 1. The van der Waals surface area contributed by atoms with Crippen LogP contribution in [0.3, 0.4) is 0 Å². The SMILES string of the molecule is Cc1nc(C2CCN(c3cccnc3)CC2)ncc1C(=O)Nc1ccccc1. The molecule has 1 aliphatic rings. The van der Waals surface area contributed by atoms with Crippen LogP contribution < -0.4 is 10.2 Å². The Morgan fingerprint density at radius 1 is 1.07 bits per heavy atom. The van der Waals surface area contributed by atoms with Crippen LogP contribution in [0.4, 0.5) is 11.4 Å². The Kier molecular flexibility index (Phi) is 5.28. The van der Waals surface area contributed by atoms with Crippen LogP contribution in [-0.4, -0.2) is 33.9 Å². The van der Waals surface area contributed by atoms with Gasteiger partial charge < -0.3 is 10.2 Å². The van der Waals surface area contributed by atoms with Gasteiger partial charge in [0.05, 0.1) is 23.1 Å². The summed E-state index contributed by atoms with van der Waals surface area (Å²) in [7, 11) is 0. The smallest absolute Gasteiger partial charge is 0.259 e. The standard InChI is InChI=1S/C22H23N5O/c1-16-20(22(28)26-18-6-3-2-4-7-18)15-24-21(25-16)17-9-12-27(13-10-17)19-8-5-11-23-14-19/h2-8,11,14-15,17H,9-10,12-13H2,1H3,(H,26,28). The molecule has 3 aromatic rings. The molecule has 28 heavy (non-hydrogen) atoms. The van der Waals surface area contributed by atoms with Gasteiger partial charge in [0, 0.05) is 37.1 Å². The lowest BCUT2D eigenvalue weighted by molar-refractivity contribution is 0.102. The number of rotatable bonds is 4. The normalized spacial score (nSPS) is 14.7. The number of nitrogens with zero attached hydrogens (tertiary/aromatic N) is 4. The van der Waals surface area contributed by atoms with Gasteiger partial charge in [-0.2, -0.15) is 0 Å². The molecule has 1 amide bonds. The molecule has 1 aliphatic heterocycles. The van der Waals surface area contributed by atoms with Gasteiger partial charge in [0.2, 0.25) is 0 Å². The number of nitrogens with one attached hydrogen (secondary N) is 1. The highest BCUT2D eigenvalue weighted by atomic mass is 16.1. The van der Waals surface area contributed by atoms with Crippen LogP contribution in [0.2, 0.25) is 0 Å². The number of hydrogen-bond donors (Lipinski definition) is 1. The van der Waals surface area contributed by atoms with E-state index in [1.54, 1.807) is 12.4 Å². The maximum Gasteiger partial charge on any atom is 0.259 e. The Balaban J connectivity index is 1.41. The van der Waals surface area contributed by atoms with E-state index >= 15 is 0 Å². The molecule has 0 saturated carbocycles. The maximum atomic E-state index is 12.5. The zero-order valence-corrected chi connectivity index (χ0v) is 15.9. The first-order chi connectivity index (χ1) is 13.7. The number of carbonyl (C=O) groups is 1. The van der Waals surface area contributed by atoms with Gasteiger partial charge in [-0.05, 0) is 44.0 Å². The molecule has 2 aromatic heterocycles. The molecular formula is C22H23N5O. The van der Waals surface area contributed by atoms with Gasteiger partial charge in [0.25, 0.3) is 5.91 Å². The first kappa shape index (κ1) is 18.1. The maximum absolute atomic E-state index is 12.5. The molecule has 3 heterocycles. The van der Waals surface area contributed by atoms with E-state index in [-0.39, 0.29) is 5.91 Å². The molecular weight excluding hydrogens is 350 g/mol. The topological polar surface area (TPSA) is 71.0 Å². The number of anilines is 2. The van der Waals surface area contributed by atoms with Gasteiger partial charge in [-0.1, -0.05) is 18.2 Å². The van der Waals surface area contributed by atoms with Crippen molar-refractivity contribution in [3.05, 3.63) is 78.1 Å². The minimum absolute atomic E-state index is 0.179. The second-order valence-electron chi connectivity index (χ2n) is 7.02. The first-order valence-electron chi connectivity index (χ1n) is 9.55. The number of carbonyl (C=O) groups excluding carboxylic acids is 1. The molecule has 0 bridgehead atoms. The summed E-state index contributed by atoms with van der Waals surface area (Å²) >= 11 is 0. The lowest BCUT2D eigenvalue weighted by Gasteiger charge is -2.32. The molecule has 6 nitrogen and oxygen atoms in total. The van der Waals surface area contributed by atoms with E-state index in [9.17, 15) is 4.79 Å². The summed E-state index contributed by atoms with van der Waals surface area (Å²) in [5.41, 5.74) is 3.15.